The zero-order chi connectivity index (χ0) is 11.7. The average molecular weight is 243 g/mol. The summed E-state index contributed by atoms with van der Waals surface area (Å²) in [6.45, 7) is 0.772. The quantitative estimate of drug-likeness (QED) is 0.458. The molecule has 0 N–H and O–H groups in total. The molecule has 1 fully saturated rings. The van der Waals surface area contributed by atoms with E-state index in [1.807, 2.05) is 0 Å². The Morgan fingerprint density at radius 1 is 1.62 bits per heavy atom. The van der Waals surface area contributed by atoms with Crippen molar-refractivity contribution in [2.24, 2.45) is 5.92 Å². The number of nitro groups is 1. The summed E-state index contributed by atoms with van der Waals surface area (Å²) in [7, 11) is 1.78. The van der Waals surface area contributed by atoms with Gasteiger partial charge in [-0.05, 0) is 18.8 Å². The maximum Gasteiger partial charge on any atom is 0.348 e. The molecule has 1 heterocycles. The lowest BCUT2D eigenvalue weighted by Gasteiger charge is -2.17. The Bertz CT molecular complexity index is 422. The van der Waals surface area contributed by atoms with Gasteiger partial charge in [-0.15, -0.1) is 0 Å². The highest BCUT2D eigenvalue weighted by Crippen LogP contribution is 2.34. The standard InChI is InChI=1S/C9H11ClN4O2/c1-13(4-6-2-3-6)9-7(14(15)16)8(10)11-5-12-9/h5-6H,2-4H2,1H3. The Morgan fingerprint density at radius 3 is 2.88 bits per heavy atom. The number of anilines is 1. The van der Waals surface area contributed by atoms with Crippen molar-refractivity contribution in [2.45, 2.75) is 12.8 Å². The molecule has 16 heavy (non-hydrogen) atoms. The summed E-state index contributed by atoms with van der Waals surface area (Å²) in [6.07, 6.45) is 3.60. The van der Waals surface area contributed by atoms with Crippen LogP contribution in [-0.4, -0.2) is 28.5 Å². The first-order chi connectivity index (χ1) is 7.59. The lowest BCUT2D eigenvalue weighted by molar-refractivity contribution is -0.384. The van der Waals surface area contributed by atoms with E-state index in [4.69, 9.17) is 11.6 Å². The van der Waals surface area contributed by atoms with Crippen molar-refractivity contribution in [1.82, 2.24) is 9.97 Å². The fraction of sp³-hybridized carbons (Fsp3) is 0.556. The van der Waals surface area contributed by atoms with E-state index in [0.29, 0.717) is 5.92 Å². The van der Waals surface area contributed by atoms with E-state index in [1.54, 1.807) is 11.9 Å². The first-order valence-corrected chi connectivity index (χ1v) is 5.33. The fourth-order valence-electron chi connectivity index (χ4n) is 1.56. The fourth-order valence-corrected chi connectivity index (χ4v) is 1.76. The second kappa shape index (κ2) is 4.21. The van der Waals surface area contributed by atoms with Crippen LogP contribution in [0.5, 0.6) is 0 Å². The average Bonchev–Trinajstić information content (AvgIpc) is 3.00. The summed E-state index contributed by atoms with van der Waals surface area (Å²) in [6, 6.07) is 0. The van der Waals surface area contributed by atoms with Crippen molar-refractivity contribution >= 4 is 23.1 Å². The van der Waals surface area contributed by atoms with Gasteiger partial charge in [0.05, 0.1) is 4.92 Å². The Morgan fingerprint density at radius 2 is 2.31 bits per heavy atom. The van der Waals surface area contributed by atoms with Crippen molar-refractivity contribution < 1.29 is 4.92 Å². The van der Waals surface area contributed by atoms with Crippen LogP contribution >= 0.6 is 11.6 Å². The van der Waals surface area contributed by atoms with Gasteiger partial charge in [0.25, 0.3) is 0 Å². The van der Waals surface area contributed by atoms with Crippen LogP contribution < -0.4 is 4.90 Å². The van der Waals surface area contributed by atoms with Gasteiger partial charge in [0.1, 0.15) is 6.33 Å². The maximum absolute atomic E-state index is 10.9. The van der Waals surface area contributed by atoms with Crippen molar-refractivity contribution in [1.29, 1.82) is 0 Å². The minimum absolute atomic E-state index is 0.113. The molecule has 0 amide bonds. The smallest absolute Gasteiger partial charge is 0.348 e. The molecule has 1 aliphatic carbocycles. The van der Waals surface area contributed by atoms with E-state index in [2.05, 4.69) is 9.97 Å². The van der Waals surface area contributed by atoms with Crippen LogP contribution in [0.25, 0.3) is 0 Å². The van der Waals surface area contributed by atoms with E-state index in [-0.39, 0.29) is 16.7 Å². The van der Waals surface area contributed by atoms with E-state index < -0.39 is 4.92 Å². The lowest BCUT2D eigenvalue weighted by atomic mass is 10.3. The van der Waals surface area contributed by atoms with Gasteiger partial charge >= 0.3 is 5.69 Å². The summed E-state index contributed by atoms with van der Waals surface area (Å²) in [4.78, 5) is 19.6. The monoisotopic (exact) mass is 242 g/mol. The summed E-state index contributed by atoms with van der Waals surface area (Å²) < 4.78 is 0. The lowest BCUT2D eigenvalue weighted by Crippen LogP contribution is -2.22. The molecule has 0 aromatic carbocycles. The van der Waals surface area contributed by atoms with Crippen LogP contribution in [0.1, 0.15) is 12.8 Å². The molecule has 0 unspecified atom stereocenters. The Hall–Kier alpha value is -1.43. The number of rotatable bonds is 4. The van der Waals surface area contributed by atoms with E-state index in [0.717, 1.165) is 6.54 Å². The molecule has 86 valence electrons. The van der Waals surface area contributed by atoms with Gasteiger partial charge in [0.15, 0.2) is 0 Å². The van der Waals surface area contributed by atoms with Gasteiger partial charge in [-0.2, -0.15) is 0 Å². The molecule has 0 saturated heterocycles. The molecular formula is C9H11ClN4O2. The zero-order valence-electron chi connectivity index (χ0n) is 8.76. The first-order valence-electron chi connectivity index (χ1n) is 4.95. The predicted molar refractivity (Wildman–Crippen MR) is 59.7 cm³/mol. The van der Waals surface area contributed by atoms with Crippen LogP contribution in [0.2, 0.25) is 5.15 Å². The maximum atomic E-state index is 10.9. The Balaban J connectivity index is 2.30. The molecule has 6 nitrogen and oxygen atoms in total. The highest BCUT2D eigenvalue weighted by atomic mass is 35.5. The second-order valence-electron chi connectivity index (χ2n) is 3.92. The number of hydrogen-bond donors (Lipinski definition) is 0. The SMILES string of the molecule is CN(CC1CC1)c1ncnc(Cl)c1[N+](=O)[O-]. The molecule has 2 rings (SSSR count). The van der Waals surface area contributed by atoms with Crippen LogP contribution in [0, 0.1) is 16.0 Å². The molecule has 1 aromatic rings. The summed E-state index contributed by atoms with van der Waals surface area (Å²) in [5.74, 6) is 0.912. The van der Waals surface area contributed by atoms with Crippen molar-refractivity contribution in [3.63, 3.8) is 0 Å². The molecule has 1 aromatic heterocycles. The number of nitrogens with zero attached hydrogens (tertiary/aromatic N) is 4. The van der Waals surface area contributed by atoms with Gasteiger partial charge in [0, 0.05) is 13.6 Å². The minimum Gasteiger partial charge on any atom is -0.354 e. The molecule has 0 atom stereocenters. The zero-order valence-corrected chi connectivity index (χ0v) is 9.52. The van der Waals surface area contributed by atoms with Gasteiger partial charge in [0.2, 0.25) is 11.0 Å². The minimum atomic E-state index is -0.541. The van der Waals surface area contributed by atoms with Gasteiger partial charge in [-0.1, -0.05) is 11.6 Å². The Kier molecular flexibility index (Phi) is 2.91. The highest BCUT2D eigenvalue weighted by molar-refractivity contribution is 6.31. The Labute approximate surface area is 97.4 Å². The van der Waals surface area contributed by atoms with Crippen molar-refractivity contribution in [2.75, 3.05) is 18.5 Å². The molecule has 0 bridgehead atoms. The molecular weight excluding hydrogens is 232 g/mol. The highest BCUT2D eigenvalue weighted by Gasteiger charge is 2.28. The number of hydrogen-bond acceptors (Lipinski definition) is 5. The number of aromatic nitrogens is 2. The van der Waals surface area contributed by atoms with E-state index in [9.17, 15) is 10.1 Å². The van der Waals surface area contributed by atoms with Crippen LogP contribution in [-0.2, 0) is 0 Å². The van der Waals surface area contributed by atoms with Gasteiger partial charge < -0.3 is 4.90 Å². The molecule has 1 aliphatic rings. The normalized spacial score (nSPS) is 14.9. The summed E-state index contributed by atoms with van der Waals surface area (Å²) in [5.41, 5.74) is -0.215. The molecule has 7 heteroatoms. The van der Waals surface area contributed by atoms with Crippen LogP contribution in [0.15, 0.2) is 6.33 Å². The second-order valence-corrected chi connectivity index (χ2v) is 4.28. The van der Waals surface area contributed by atoms with Crippen molar-refractivity contribution in [3.8, 4) is 0 Å². The van der Waals surface area contributed by atoms with E-state index in [1.165, 1.54) is 19.2 Å². The third-order valence-corrected chi connectivity index (χ3v) is 2.81. The molecule has 0 radical (unpaired) electrons. The predicted octanol–water partition coefficient (Wildman–Crippen LogP) is 1.88. The van der Waals surface area contributed by atoms with Gasteiger partial charge in [-0.3, -0.25) is 10.1 Å². The topological polar surface area (TPSA) is 72.2 Å². The van der Waals surface area contributed by atoms with Crippen LogP contribution in [0.4, 0.5) is 11.5 Å². The van der Waals surface area contributed by atoms with Crippen LogP contribution in [0.3, 0.4) is 0 Å². The summed E-state index contributed by atoms with van der Waals surface area (Å²) >= 11 is 5.70. The first kappa shape index (κ1) is 11.1. The number of halogens is 1. The molecule has 0 aliphatic heterocycles. The molecule has 0 spiro atoms. The summed E-state index contributed by atoms with van der Waals surface area (Å²) in [5, 5.41) is 10.7. The third kappa shape index (κ3) is 2.21. The van der Waals surface area contributed by atoms with E-state index >= 15 is 0 Å². The third-order valence-electron chi connectivity index (χ3n) is 2.53. The molecule has 1 saturated carbocycles. The van der Waals surface area contributed by atoms with Crippen molar-refractivity contribution in [3.05, 3.63) is 21.6 Å². The largest absolute Gasteiger partial charge is 0.354 e. The van der Waals surface area contributed by atoms with Gasteiger partial charge in [-0.25, -0.2) is 9.97 Å².